The third-order valence-corrected chi connectivity index (χ3v) is 4.32. The summed E-state index contributed by atoms with van der Waals surface area (Å²) >= 11 is 0. The van der Waals surface area contributed by atoms with Crippen LogP contribution in [0.3, 0.4) is 0 Å². The number of anilines is 1. The number of fused-ring (bicyclic) bond motifs is 1. The SMILES string of the molecule is CC1CN2CCCC2CN1c1cccc(OC(F)(F)F)c1. The predicted molar refractivity (Wildman–Crippen MR) is 74.5 cm³/mol. The smallest absolute Gasteiger partial charge is 0.406 e. The van der Waals surface area contributed by atoms with Crippen LogP contribution in [0.25, 0.3) is 0 Å². The van der Waals surface area contributed by atoms with Gasteiger partial charge in [-0.1, -0.05) is 6.07 Å². The number of halogens is 3. The van der Waals surface area contributed by atoms with Crippen LogP contribution in [0.4, 0.5) is 18.9 Å². The first kappa shape index (κ1) is 14.5. The Morgan fingerprint density at radius 3 is 2.81 bits per heavy atom. The van der Waals surface area contributed by atoms with Crippen LogP contribution in [-0.2, 0) is 0 Å². The molecule has 2 atom stereocenters. The summed E-state index contributed by atoms with van der Waals surface area (Å²) in [5.41, 5.74) is 0.802. The van der Waals surface area contributed by atoms with E-state index in [-0.39, 0.29) is 5.75 Å². The van der Waals surface area contributed by atoms with Crippen molar-refractivity contribution in [2.45, 2.75) is 38.2 Å². The summed E-state index contributed by atoms with van der Waals surface area (Å²) in [5.74, 6) is -0.152. The molecule has 0 aliphatic carbocycles. The largest absolute Gasteiger partial charge is 0.573 e. The van der Waals surface area contributed by atoms with Gasteiger partial charge < -0.3 is 9.64 Å². The van der Waals surface area contributed by atoms with Crippen molar-refractivity contribution in [2.75, 3.05) is 24.5 Å². The maximum absolute atomic E-state index is 12.3. The van der Waals surface area contributed by atoms with Gasteiger partial charge in [0.2, 0.25) is 0 Å². The number of rotatable bonds is 2. The van der Waals surface area contributed by atoms with Crippen molar-refractivity contribution in [1.82, 2.24) is 4.90 Å². The maximum atomic E-state index is 12.3. The first-order valence-corrected chi connectivity index (χ1v) is 7.29. The monoisotopic (exact) mass is 300 g/mol. The molecule has 3 nitrogen and oxygen atoms in total. The average Bonchev–Trinajstić information content (AvgIpc) is 2.83. The molecule has 116 valence electrons. The number of piperazine rings is 1. The molecule has 0 bridgehead atoms. The van der Waals surface area contributed by atoms with Crippen LogP contribution in [0.15, 0.2) is 24.3 Å². The summed E-state index contributed by atoms with van der Waals surface area (Å²) in [6, 6.07) is 7.10. The standard InChI is InChI=1S/C15H19F3N2O/c1-11-9-19-7-3-5-13(19)10-20(11)12-4-2-6-14(8-12)21-15(16,17)18/h2,4,6,8,11,13H,3,5,7,9-10H2,1H3. The summed E-state index contributed by atoms with van der Waals surface area (Å²) in [6.45, 7) is 5.09. The molecule has 2 aliphatic heterocycles. The Kier molecular flexibility index (Phi) is 3.73. The van der Waals surface area contributed by atoms with Gasteiger partial charge in [-0.05, 0) is 38.4 Å². The molecule has 3 rings (SSSR count). The van der Waals surface area contributed by atoms with Crippen LogP contribution >= 0.6 is 0 Å². The molecule has 0 radical (unpaired) electrons. The molecular formula is C15H19F3N2O. The second-order valence-corrected chi connectivity index (χ2v) is 5.84. The lowest BCUT2D eigenvalue weighted by Crippen LogP contribution is -2.55. The van der Waals surface area contributed by atoms with Gasteiger partial charge in [-0.15, -0.1) is 13.2 Å². The Bertz CT molecular complexity index is 506. The van der Waals surface area contributed by atoms with Crippen molar-refractivity contribution in [3.63, 3.8) is 0 Å². The summed E-state index contributed by atoms with van der Waals surface area (Å²) in [5, 5.41) is 0. The van der Waals surface area contributed by atoms with Gasteiger partial charge in [0, 0.05) is 36.9 Å². The van der Waals surface area contributed by atoms with Gasteiger partial charge in [-0.2, -0.15) is 0 Å². The lowest BCUT2D eigenvalue weighted by molar-refractivity contribution is -0.274. The second kappa shape index (κ2) is 5.40. The number of hydrogen-bond acceptors (Lipinski definition) is 3. The summed E-state index contributed by atoms with van der Waals surface area (Å²) in [7, 11) is 0. The van der Waals surface area contributed by atoms with E-state index >= 15 is 0 Å². The van der Waals surface area contributed by atoms with E-state index in [1.165, 1.54) is 25.0 Å². The number of benzene rings is 1. The lowest BCUT2D eigenvalue weighted by Gasteiger charge is -2.43. The van der Waals surface area contributed by atoms with Crippen molar-refractivity contribution in [2.24, 2.45) is 0 Å². The van der Waals surface area contributed by atoms with E-state index in [0.717, 1.165) is 25.3 Å². The topological polar surface area (TPSA) is 15.7 Å². The van der Waals surface area contributed by atoms with Crippen molar-refractivity contribution in [3.05, 3.63) is 24.3 Å². The van der Waals surface area contributed by atoms with E-state index in [0.29, 0.717) is 12.1 Å². The van der Waals surface area contributed by atoms with Crippen molar-refractivity contribution in [3.8, 4) is 5.75 Å². The van der Waals surface area contributed by atoms with E-state index in [1.807, 2.05) is 6.07 Å². The highest BCUT2D eigenvalue weighted by Gasteiger charge is 2.35. The number of ether oxygens (including phenoxy) is 1. The van der Waals surface area contributed by atoms with E-state index in [4.69, 9.17) is 0 Å². The Balaban J connectivity index is 1.78. The van der Waals surface area contributed by atoms with Crippen LogP contribution in [0.1, 0.15) is 19.8 Å². The van der Waals surface area contributed by atoms with Crippen molar-refractivity contribution >= 4 is 5.69 Å². The fourth-order valence-corrected chi connectivity index (χ4v) is 3.41. The molecule has 0 N–H and O–H groups in total. The summed E-state index contributed by atoms with van der Waals surface area (Å²) in [4.78, 5) is 4.67. The van der Waals surface area contributed by atoms with Crippen LogP contribution in [0.5, 0.6) is 5.75 Å². The maximum Gasteiger partial charge on any atom is 0.573 e. The minimum absolute atomic E-state index is 0.152. The fourth-order valence-electron chi connectivity index (χ4n) is 3.41. The molecule has 2 fully saturated rings. The third-order valence-electron chi connectivity index (χ3n) is 4.32. The second-order valence-electron chi connectivity index (χ2n) is 5.84. The Morgan fingerprint density at radius 2 is 2.05 bits per heavy atom. The minimum atomic E-state index is -4.64. The highest BCUT2D eigenvalue weighted by Crippen LogP contribution is 2.31. The van der Waals surface area contributed by atoms with Gasteiger partial charge in [0.15, 0.2) is 0 Å². The molecule has 21 heavy (non-hydrogen) atoms. The summed E-state index contributed by atoms with van der Waals surface area (Å²) < 4.78 is 41.0. The van der Waals surface area contributed by atoms with Crippen LogP contribution in [0.2, 0.25) is 0 Å². The molecule has 2 unspecified atom stereocenters. The molecule has 0 spiro atoms. The van der Waals surface area contributed by atoms with E-state index in [9.17, 15) is 13.2 Å². The first-order valence-electron chi connectivity index (χ1n) is 7.29. The summed E-state index contributed by atoms with van der Waals surface area (Å²) in [6.07, 6.45) is -2.27. The van der Waals surface area contributed by atoms with E-state index < -0.39 is 6.36 Å². The highest BCUT2D eigenvalue weighted by molar-refractivity contribution is 5.52. The van der Waals surface area contributed by atoms with Gasteiger partial charge in [0.25, 0.3) is 0 Å². The molecule has 0 amide bonds. The van der Waals surface area contributed by atoms with Gasteiger partial charge in [0.1, 0.15) is 5.75 Å². The zero-order chi connectivity index (χ0) is 15.0. The normalized spacial score (nSPS) is 26.8. The Morgan fingerprint density at radius 1 is 1.24 bits per heavy atom. The zero-order valence-corrected chi connectivity index (χ0v) is 11.9. The van der Waals surface area contributed by atoms with Crippen molar-refractivity contribution in [1.29, 1.82) is 0 Å². The van der Waals surface area contributed by atoms with Crippen LogP contribution in [0, 0.1) is 0 Å². The van der Waals surface area contributed by atoms with Gasteiger partial charge in [-0.25, -0.2) is 0 Å². The number of nitrogens with zero attached hydrogens (tertiary/aromatic N) is 2. The molecule has 0 aromatic heterocycles. The van der Waals surface area contributed by atoms with Gasteiger partial charge >= 0.3 is 6.36 Å². The fraction of sp³-hybridized carbons (Fsp3) is 0.600. The zero-order valence-electron chi connectivity index (χ0n) is 11.9. The highest BCUT2D eigenvalue weighted by atomic mass is 19.4. The first-order chi connectivity index (χ1) is 9.92. The van der Waals surface area contributed by atoms with E-state index in [2.05, 4.69) is 21.5 Å². The molecule has 2 aliphatic rings. The lowest BCUT2D eigenvalue weighted by atomic mass is 10.1. The van der Waals surface area contributed by atoms with E-state index in [1.54, 1.807) is 6.07 Å². The molecule has 6 heteroatoms. The quantitative estimate of drug-likeness (QED) is 0.834. The van der Waals surface area contributed by atoms with Crippen molar-refractivity contribution < 1.29 is 17.9 Å². The molecular weight excluding hydrogens is 281 g/mol. The third kappa shape index (κ3) is 3.26. The minimum Gasteiger partial charge on any atom is -0.406 e. The number of hydrogen-bond donors (Lipinski definition) is 0. The van der Waals surface area contributed by atoms with Gasteiger partial charge in [0.05, 0.1) is 0 Å². The average molecular weight is 300 g/mol. The van der Waals surface area contributed by atoms with Crippen LogP contribution < -0.4 is 9.64 Å². The molecule has 0 saturated carbocycles. The van der Waals surface area contributed by atoms with Crippen LogP contribution in [-0.4, -0.2) is 43.0 Å². The molecule has 2 heterocycles. The predicted octanol–water partition coefficient (Wildman–Crippen LogP) is 3.26. The number of alkyl halides is 3. The van der Waals surface area contributed by atoms with Gasteiger partial charge in [-0.3, -0.25) is 4.90 Å². The molecule has 2 saturated heterocycles. The molecule has 1 aromatic carbocycles. The Hall–Kier alpha value is -1.43. The molecule has 1 aromatic rings. The Labute approximate surface area is 122 Å².